The number of aryl methyl sites for hydroxylation is 1. The van der Waals surface area contributed by atoms with Crippen molar-refractivity contribution in [2.75, 3.05) is 12.0 Å². The molecular weight excluding hydrogens is 262 g/mol. The van der Waals surface area contributed by atoms with Crippen LogP contribution in [0.2, 0.25) is 5.02 Å². The van der Waals surface area contributed by atoms with Gasteiger partial charge in [0, 0.05) is 19.1 Å². The molecule has 0 saturated heterocycles. The van der Waals surface area contributed by atoms with Crippen LogP contribution in [-0.4, -0.2) is 18.7 Å². The van der Waals surface area contributed by atoms with Crippen molar-refractivity contribution in [3.05, 3.63) is 28.3 Å². The standard InChI is InChI=1S/C15H22ClNO2/c1-7-12-8-9-13(16)10(2)14(12)17(11(3)18)15(4,5)19-6/h8-9H,7H2,1-6H3. The van der Waals surface area contributed by atoms with E-state index in [-0.39, 0.29) is 5.91 Å². The molecule has 106 valence electrons. The minimum absolute atomic E-state index is 0.0630. The zero-order valence-corrected chi connectivity index (χ0v) is 13.3. The number of carbonyl (C=O) groups is 1. The summed E-state index contributed by atoms with van der Waals surface area (Å²) in [5.74, 6) is -0.0630. The number of methoxy groups -OCH3 is 1. The van der Waals surface area contributed by atoms with Gasteiger partial charge in [-0.05, 0) is 44.4 Å². The first-order valence-corrected chi connectivity index (χ1v) is 6.78. The number of hydrogen-bond acceptors (Lipinski definition) is 2. The Labute approximate surface area is 120 Å². The van der Waals surface area contributed by atoms with Crippen molar-refractivity contribution >= 4 is 23.2 Å². The van der Waals surface area contributed by atoms with Crippen molar-refractivity contribution < 1.29 is 9.53 Å². The average molecular weight is 284 g/mol. The van der Waals surface area contributed by atoms with E-state index in [0.717, 1.165) is 23.2 Å². The highest BCUT2D eigenvalue weighted by atomic mass is 35.5. The van der Waals surface area contributed by atoms with E-state index in [4.69, 9.17) is 16.3 Å². The zero-order valence-electron chi connectivity index (χ0n) is 12.5. The number of amides is 1. The van der Waals surface area contributed by atoms with Crippen LogP contribution in [0.3, 0.4) is 0 Å². The Bertz CT molecular complexity index is 483. The third-order valence-electron chi connectivity index (χ3n) is 3.41. The first-order chi connectivity index (χ1) is 8.76. The van der Waals surface area contributed by atoms with Crippen LogP contribution in [0.25, 0.3) is 0 Å². The van der Waals surface area contributed by atoms with Crippen molar-refractivity contribution in [2.24, 2.45) is 0 Å². The van der Waals surface area contributed by atoms with Gasteiger partial charge in [-0.15, -0.1) is 0 Å². The van der Waals surface area contributed by atoms with Gasteiger partial charge in [0.15, 0.2) is 0 Å². The van der Waals surface area contributed by atoms with Crippen LogP contribution in [0.4, 0.5) is 5.69 Å². The van der Waals surface area contributed by atoms with E-state index in [9.17, 15) is 4.79 Å². The summed E-state index contributed by atoms with van der Waals surface area (Å²) < 4.78 is 5.47. The molecule has 0 radical (unpaired) electrons. The molecule has 0 aliphatic heterocycles. The first kappa shape index (κ1) is 16.0. The van der Waals surface area contributed by atoms with Gasteiger partial charge in [0.2, 0.25) is 5.91 Å². The molecule has 1 aromatic carbocycles. The van der Waals surface area contributed by atoms with Crippen LogP contribution in [0.15, 0.2) is 12.1 Å². The van der Waals surface area contributed by atoms with Gasteiger partial charge in [-0.2, -0.15) is 0 Å². The van der Waals surface area contributed by atoms with Crippen molar-refractivity contribution in [3.8, 4) is 0 Å². The highest BCUT2D eigenvalue weighted by Gasteiger charge is 2.32. The SMILES string of the molecule is CCc1ccc(Cl)c(C)c1N(C(C)=O)C(C)(C)OC. The number of anilines is 1. The fourth-order valence-electron chi connectivity index (χ4n) is 2.23. The smallest absolute Gasteiger partial charge is 0.226 e. The molecule has 0 heterocycles. The number of benzene rings is 1. The molecule has 3 nitrogen and oxygen atoms in total. The minimum atomic E-state index is -0.717. The molecule has 0 aliphatic rings. The Kier molecular flexibility index (Phi) is 4.99. The summed E-state index contributed by atoms with van der Waals surface area (Å²) in [7, 11) is 1.60. The predicted octanol–water partition coefficient (Wildman–Crippen LogP) is 3.95. The largest absolute Gasteiger partial charge is 0.359 e. The van der Waals surface area contributed by atoms with E-state index in [2.05, 4.69) is 6.92 Å². The maximum absolute atomic E-state index is 12.1. The Balaban J connectivity index is 3.55. The molecule has 0 bridgehead atoms. The maximum Gasteiger partial charge on any atom is 0.226 e. The lowest BCUT2D eigenvalue weighted by atomic mass is 10.0. The van der Waals surface area contributed by atoms with Crippen LogP contribution in [0, 0.1) is 6.92 Å². The zero-order chi connectivity index (χ0) is 14.8. The lowest BCUT2D eigenvalue weighted by Gasteiger charge is -2.38. The van der Waals surface area contributed by atoms with Crippen LogP contribution < -0.4 is 4.90 Å². The van der Waals surface area contributed by atoms with Gasteiger partial charge in [0.25, 0.3) is 0 Å². The van der Waals surface area contributed by atoms with Crippen molar-refractivity contribution in [2.45, 2.75) is 46.8 Å². The van der Waals surface area contributed by atoms with Gasteiger partial charge in [0.05, 0.1) is 5.69 Å². The van der Waals surface area contributed by atoms with Gasteiger partial charge < -0.3 is 4.74 Å². The second-order valence-electron chi connectivity index (χ2n) is 5.04. The highest BCUT2D eigenvalue weighted by molar-refractivity contribution is 6.31. The Hall–Kier alpha value is -1.06. The Morgan fingerprint density at radius 3 is 2.42 bits per heavy atom. The molecule has 19 heavy (non-hydrogen) atoms. The lowest BCUT2D eigenvalue weighted by Crippen LogP contribution is -2.49. The normalized spacial score (nSPS) is 11.5. The third kappa shape index (κ3) is 3.10. The molecule has 0 spiro atoms. The Morgan fingerprint density at radius 2 is 2.00 bits per heavy atom. The topological polar surface area (TPSA) is 29.5 Å². The van der Waals surface area contributed by atoms with Crippen molar-refractivity contribution in [1.29, 1.82) is 0 Å². The second kappa shape index (κ2) is 5.93. The van der Waals surface area contributed by atoms with E-state index in [0.29, 0.717) is 5.02 Å². The van der Waals surface area contributed by atoms with Crippen molar-refractivity contribution in [3.63, 3.8) is 0 Å². The maximum atomic E-state index is 12.1. The highest BCUT2D eigenvalue weighted by Crippen LogP contribution is 2.35. The summed E-state index contributed by atoms with van der Waals surface area (Å²) in [6.07, 6.45) is 0.830. The van der Waals surface area contributed by atoms with E-state index in [1.165, 1.54) is 0 Å². The molecule has 0 N–H and O–H groups in total. The van der Waals surface area contributed by atoms with Gasteiger partial charge in [-0.25, -0.2) is 0 Å². The third-order valence-corrected chi connectivity index (χ3v) is 3.82. The predicted molar refractivity (Wildman–Crippen MR) is 79.8 cm³/mol. The molecule has 1 rings (SSSR count). The number of halogens is 1. The molecule has 0 aliphatic carbocycles. The van der Waals surface area contributed by atoms with Gasteiger partial charge in [-0.1, -0.05) is 24.6 Å². The molecule has 0 fully saturated rings. The van der Waals surface area contributed by atoms with Gasteiger partial charge >= 0.3 is 0 Å². The number of hydrogen-bond donors (Lipinski definition) is 0. The Morgan fingerprint density at radius 1 is 1.42 bits per heavy atom. The summed E-state index contributed by atoms with van der Waals surface area (Å²) >= 11 is 6.21. The molecule has 4 heteroatoms. The van der Waals surface area contributed by atoms with E-state index >= 15 is 0 Å². The molecule has 0 unspecified atom stereocenters. The molecule has 1 aromatic rings. The number of rotatable bonds is 4. The minimum Gasteiger partial charge on any atom is -0.359 e. The monoisotopic (exact) mass is 283 g/mol. The lowest BCUT2D eigenvalue weighted by molar-refractivity contribution is -0.121. The van der Waals surface area contributed by atoms with E-state index in [1.807, 2.05) is 32.9 Å². The first-order valence-electron chi connectivity index (χ1n) is 6.40. The van der Waals surface area contributed by atoms with Crippen LogP contribution >= 0.6 is 11.6 Å². The summed E-state index contributed by atoms with van der Waals surface area (Å²) in [6.45, 7) is 9.27. The molecule has 0 aromatic heterocycles. The number of carbonyl (C=O) groups excluding carboxylic acids is 1. The van der Waals surface area contributed by atoms with Crippen LogP contribution in [0.5, 0.6) is 0 Å². The average Bonchev–Trinajstić information content (AvgIpc) is 2.34. The van der Waals surface area contributed by atoms with Crippen LogP contribution in [0.1, 0.15) is 38.8 Å². The van der Waals surface area contributed by atoms with E-state index in [1.54, 1.807) is 18.9 Å². The fourth-order valence-corrected chi connectivity index (χ4v) is 2.38. The quantitative estimate of drug-likeness (QED) is 0.783. The van der Waals surface area contributed by atoms with E-state index < -0.39 is 5.72 Å². The summed E-state index contributed by atoms with van der Waals surface area (Å²) in [5, 5.41) is 0.658. The van der Waals surface area contributed by atoms with Crippen molar-refractivity contribution in [1.82, 2.24) is 0 Å². The molecule has 0 atom stereocenters. The summed E-state index contributed by atoms with van der Waals surface area (Å²) in [6, 6.07) is 3.84. The summed E-state index contributed by atoms with van der Waals surface area (Å²) in [5.41, 5.74) is 2.13. The molecule has 0 saturated carbocycles. The number of nitrogens with zero attached hydrogens (tertiary/aromatic N) is 1. The second-order valence-corrected chi connectivity index (χ2v) is 5.45. The summed E-state index contributed by atoms with van der Waals surface area (Å²) in [4.78, 5) is 13.8. The van der Waals surface area contributed by atoms with Gasteiger partial charge in [-0.3, -0.25) is 9.69 Å². The number of ether oxygens (including phenoxy) is 1. The van der Waals surface area contributed by atoms with Crippen LogP contribution in [-0.2, 0) is 16.0 Å². The fraction of sp³-hybridized carbons (Fsp3) is 0.533. The molecular formula is C15H22ClNO2. The molecule has 1 amide bonds. The van der Waals surface area contributed by atoms with Gasteiger partial charge in [0.1, 0.15) is 5.72 Å².